The predicted molar refractivity (Wildman–Crippen MR) is 79.6 cm³/mol. The lowest BCUT2D eigenvalue weighted by Gasteiger charge is -2.16. The molecule has 0 saturated carbocycles. The lowest BCUT2D eigenvalue weighted by molar-refractivity contribution is 0.219. The summed E-state index contributed by atoms with van der Waals surface area (Å²) >= 11 is 0. The molecule has 0 unspecified atom stereocenters. The van der Waals surface area contributed by atoms with E-state index < -0.39 is 17.7 Å². The Morgan fingerprint density at radius 2 is 1.40 bits per heavy atom. The topological polar surface area (TPSA) is 78.9 Å². The summed E-state index contributed by atoms with van der Waals surface area (Å²) in [4.78, 5) is 0. The highest BCUT2D eigenvalue weighted by atomic mass is 32.2. The van der Waals surface area contributed by atoms with E-state index in [1.54, 1.807) is 13.8 Å². The van der Waals surface area contributed by atoms with Gasteiger partial charge in [-0.25, -0.2) is 0 Å². The van der Waals surface area contributed by atoms with Crippen LogP contribution in [-0.4, -0.2) is 40.7 Å². The van der Waals surface area contributed by atoms with Gasteiger partial charge in [-0.05, 0) is 26.7 Å². The molecule has 0 rings (SSSR count). The van der Waals surface area contributed by atoms with Gasteiger partial charge in [0.1, 0.15) is 0 Å². The van der Waals surface area contributed by atoms with Crippen molar-refractivity contribution in [2.75, 3.05) is 32.2 Å². The molecule has 20 heavy (non-hydrogen) atoms. The van der Waals surface area contributed by atoms with Crippen molar-refractivity contribution in [3.63, 3.8) is 0 Å². The lowest BCUT2D eigenvalue weighted by Crippen LogP contribution is -2.04. The summed E-state index contributed by atoms with van der Waals surface area (Å²) in [7, 11) is -6.23. The first-order valence-corrected chi connectivity index (χ1v) is 10.6. The molecule has 122 valence electrons. The molecule has 0 aliphatic rings. The van der Waals surface area contributed by atoms with Gasteiger partial charge in [0, 0.05) is 0 Å². The van der Waals surface area contributed by atoms with E-state index in [1.807, 2.05) is 0 Å². The first-order valence-electron chi connectivity index (χ1n) is 7.05. The Balaban J connectivity index is 3.62. The minimum atomic E-state index is -3.32. The Hall–Kier alpha value is 0.0600. The SMILES string of the molecule is CCOP(=O)(CCCCCCCOS(C)(=O)=O)OCC. The van der Waals surface area contributed by atoms with Gasteiger partial charge in [-0.3, -0.25) is 8.75 Å². The zero-order chi connectivity index (χ0) is 15.5. The van der Waals surface area contributed by atoms with Crippen LogP contribution in [0.5, 0.6) is 0 Å². The van der Waals surface area contributed by atoms with E-state index in [2.05, 4.69) is 4.18 Å². The van der Waals surface area contributed by atoms with Crippen LogP contribution in [0.25, 0.3) is 0 Å². The van der Waals surface area contributed by atoms with Gasteiger partial charge in [-0.2, -0.15) is 8.42 Å². The zero-order valence-electron chi connectivity index (χ0n) is 12.7. The molecule has 0 aromatic rings. The fourth-order valence-electron chi connectivity index (χ4n) is 1.71. The Morgan fingerprint density at radius 3 is 1.90 bits per heavy atom. The molecule has 0 aromatic carbocycles. The minimum Gasteiger partial charge on any atom is -0.309 e. The highest BCUT2D eigenvalue weighted by Gasteiger charge is 2.22. The molecule has 0 N–H and O–H groups in total. The van der Waals surface area contributed by atoms with Crippen LogP contribution in [0.3, 0.4) is 0 Å². The third kappa shape index (κ3) is 11.9. The standard InChI is InChI=1S/C12H27O6PS/c1-4-16-19(13,17-5-2)12-10-8-6-7-9-11-18-20(3,14)15/h4-12H2,1-3H3. The molecule has 6 nitrogen and oxygen atoms in total. The number of unbranched alkanes of at least 4 members (excludes halogenated alkanes) is 4. The normalized spacial score (nSPS) is 12.8. The van der Waals surface area contributed by atoms with Gasteiger partial charge in [-0.1, -0.05) is 19.3 Å². The average Bonchev–Trinajstić information content (AvgIpc) is 2.32. The molecule has 0 saturated heterocycles. The van der Waals surface area contributed by atoms with Crippen LogP contribution < -0.4 is 0 Å². The second-order valence-electron chi connectivity index (χ2n) is 4.46. The fourth-order valence-corrected chi connectivity index (χ4v) is 3.86. The van der Waals surface area contributed by atoms with E-state index in [-0.39, 0.29) is 6.61 Å². The molecule has 0 radical (unpaired) electrons. The van der Waals surface area contributed by atoms with Crippen molar-refractivity contribution in [3.8, 4) is 0 Å². The minimum absolute atomic E-state index is 0.231. The maximum absolute atomic E-state index is 12.1. The predicted octanol–water partition coefficient (Wildman–Crippen LogP) is 3.18. The summed E-state index contributed by atoms with van der Waals surface area (Å²) in [5, 5.41) is 0. The average molecular weight is 330 g/mol. The summed E-state index contributed by atoms with van der Waals surface area (Å²) in [6.07, 6.45) is 5.74. The van der Waals surface area contributed by atoms with Gasteiger partial charge < -0.3 is 9.05 Å². The lowest BCUT2D eigenvalue weighted by atomic mass is 10.2. The summed E-state index contributed by atoms with van der Waals surface area (Å²) in [5.74, 6) is 0. The maximum atomic E-state index is 12.1. The largest absolute Gasteiger partial charge is 0.330 e. The van der Waals surface area contributed by atoms with Crippen molar-refractivity contribution in [2.24, 2.45) is 0 Å². The smallest absolute Gasteiger partial charge is 0.309 e. The van der Waals surface area contributed by atoms with E-state index in [1.165, 1.54) is 0 Å². The number of rotatable bonds is 13. The highest BCUT2D eigenvalue weighted by Crippen LogP contribution is 2.48. The van der Waals surface area contributed by atoms with Crippen molar-refractivity contribution in [1.29, 1.82) is 0 Å². The molecule has 0 bridgehead atoms. The molecule has 0 aliphatic carbocycles. The first-order chi connectivity index (χ1) is 9.33. The second-order valence-corrected chi connectivity index (χ2v) is 8.29. The Labute approximate surface area is 122 Å². The van der Waals surface area contributed by atoms with Gasteiger partial charge in [0.05, 0.1) is 32.2 Å². The van der Waals surface area contributed by atoms with E-state index in [9.17, 15) is 13.0 Å². The second kappa shape index (κ2) is 10.7. The molecule has 0 aliphatic heterocycles. The van der Waals surface area contributed by atoms with Crippen molar-refractivity contribution in [2.45, 2.75) is 46.0 Å². The molecule has 0 spiro atoms. The van der Waals surface area contributed by atoms with Gasteiger partial charge in [0.2, 0.25) is 0 Å². The first kappa shape index (κ1) is 20.1. The molecule has 0 aromatic heterocycles. The quantitative estimate of drug-likeness (QED) is 0.293. The summed E-state index contributed by atoms with van der Waals surface area (Å²) in [6.45, 7) is 4.61. The Morgan fingerprint density at radius 1 is 0.900 bits per heavy atom. The van der Waals surface area contributed by atoms with Crippen LogP contribution in [0, 0.1) is 0 Å². The van der Waals surface area contributed by atoms with Crippen molar-refractivity contribution < 1.29 is 26.2 Å². The number of hydrogen-bond acceptors (Lipinski definition) is 6. The molecule has 8 heteroatoms. The zero-order valence-corrected chi connectivity index (χ0v) is 14.4. The van der Waals surface area contributed by atoms with Gasteiger partial charge in [-0.15, -0.1) is 0 Å². The van der Waals surface area contributed by atoms with E-state index in [0.717, 1.165) is 31.9 Å². The Kier molecular flexibility index (Phi) is 10.8. The van der Waals surface area contributed by atoms with E-state index in [4.69, 9.17) is 9.05 Å². The van der Waals surface area contributed by atoms with Gasteiger partial charge in [0.15, 0.2) is 0 Å². The number of hydrogen-bond donors (Lipinski definition) is 0. The van der Waals surface area contributed by atoms with Crippen LogP contribution in [-0.2, 0) is 27.9 Å². The third-order valence-corrected chi connectivity index (χ3v) is 5.29. The summed E-state index contributed by atoms with van der Waals surface area (Å²) < 4.78 is 48.6. The summed E-state index contributed by atoms with van der Waals surface area (Å²) in [6, 6.07) is 0. The van der Waals surface area contributed by atoms with Crippen molar-refractivity contribution >= 4 is 17.7 Å². The van der Waals surface area contributed by atoms with Crippen LogP contribution in [0.15, 0.2) is 0 Å². The monoisotopic (exact) mass is 330 g/mol. The van der Waals surface area contributed by atoms with Gasteiger partial charge in [0.25, 0.3) is 10.1 Å². The molecule has 0 atom stereocenters. The maximum Gasteiger partial charge on any atom is 0.330 e. The third-order valence-electron chi connectivity index (χ3n) is 2.53. The van der Waals surface area contributed by atoms with Crippen LogP contribution in [0.2, 0.25) is 0 Å². The van der Waals surface area contributed by atoms with Crippen molar-refractivity contribution in [1.82, 2.24) is 0 Å². The van der Waals surface area contributed by atoms with E-state index >= 15 is 0 Å². The van der Waals surface area contributed by atoms with Crippen LogP contribution >= 0.6 is 7.60 Å². The molecule has 0 amide bonds. The highest BCUT2D eigenvalue weighted by molar-refractivity contribution is 7.85. The molecule has 0 heterocycles. The molecular weight excluding hydrogens is 303 g/mol. The fraction of sp³-hybridized carbons (Fsp3) is 1.00. The summed E-state index contributed by atoms with van der Waals surface area (Å²) in [5.41, 5.74) is 0. The Bertz CT molecular complexity index is 371. The molecule has 0 fully saturated rings. The van der Waals surface area contributed by atoms with E-state index in [0.29, 0.717) is 25.8 Å². The van der Waals surface area contributed by atoms with Crippen LogP contribution in [0.4, 0.5) is 0 Å². The van der Waals surface area contributed by atoms with Crippen molar-refractivity contribution in [3.05, 3.63) is 0 Å². The van der Waals surface area contributed by atoms with Gasteiger partial charge >= 0.3 is 7.60 Å². The van der Waals surface area contributed by atoms with Crippen LogP contribution in [0.1, 0.15) is 46.0 Å². The molecular formula is C12H27O6PS.